The van der Waals surface area contributed by atoms with Crippen LogP contribution >= 0.6 is 11.3 Å². The second-order valence-electron chi connectivity index (χ2n) is 5.00. The molecule has 0 aliphatic heterocycles. The molecule has 2 atom stereocenters. The zero-order valence-electron chi connectivity index (χ0n) is 13.1. The van der Waals surface area contributed by atoms with Crippen LogP contribution in [0.15, 0.2) is 12.1 Å². The average molecular weight is 353 g/mol. The first kappa shape index (κ1) is 17.7. The second kappa shape index (κ2) is 6.83. The summed E-state index contributed by atoms with van der Waals surface area (Å²) in [7, 11) is 2.87. The second-order valence-corrected chi connectivity index (χ2v) is 6.08. The van der Waals surface area contributed by atoms with Crippen molar-refractivity contribution in [3.05, 3.63) is 17.0 Å². The van der Waals surface area contributed by atoms with Crippen LogP contribution in [-0.2, 0) is 9.59 Å². The number of methoxy groups -OCH3 is 2. The van der Waals surface area contributed by atoms with Crippen LogP contribution in [-0.4, -0.2) is 47.1 Å². The molecule has 0 aromatic carbocycles. The molecule has 0 bridgehead atoms. The van der Waals surface area contributed by atoms with Gasteiger partial charge < -0.3 is 19.7 Å². The minimum absolute atomic E-state index is 0.119. The molecule has 24 heavy (non-hydrogen) atoms. The van der Waals surface area contributed by atoms with Gasteiger partial charge in [-0.1, -0.05) is 6.92 Å². The molecule has 0 fully saturated rings. The van der Waals surface area contributed by atoms with Gasteiger partial charge in [-0.25, -0.2) is 4.98 Å². The molecule has 128 valence electrons. The standard InChI is InChI=1S/C15H15NO7S/c1-6(14(18)19)11(15(20)21)12(17)10-4-7-9(24-10)5-8(22-2)13(16-7)23-3/h4-6,11H,1-3H3,(H,18,19)(H,20,21). The molecular weight excluding hydrogens is 338 g/mol. The SMILES string of the molecule is COc1cc2sc(C(=O)C(C(=O)O)C(C)C(=O)O)cc2nc1OC. The number of rotatable bonds is 7. The van der Waals surface area contributed by atoms with Gasteiger partial charge in [0.15, 0.2) is 11.5 Å². The van der Waals surface area contributed by atoms with Crippen LogP contribution in [0, 0.1) is 11.8 Å². The monoisotopic (exact) mass is 353 g/mol. The highest BCUT2D eigenvalue weighted by molar-refractivity contribution is 7.20. The smallest absolute Gasteiger partial charge is 0.315 e. The van der Waals surface area contributed by atoms with E-state index in [1.54, 1.807) is 6.07 Å². The lowest BCUT2D eigenvalue weighted by Gasteiger charge is -2.14. The average Bonchev–Trinajstić information content (AvgIpc) is 2.95. The summed E-state index contributed by atoms with van der Waals surface area (Å²) < 4.78 is 10.8. The van der Waals surface area contributed by atoms with Crippen molar-refractivity contribution < 1.29 is 34.1 Å². The number of ketones is 1. The molecule has 0 saturated carbocycles. The van der Waals surface area contributed by atoms with Crippen LogP contribution < -0.4 is 9.47 Å². The van der Waals surface area contributed by atoms with E-state index in [1.165, 1.54) is 27.2 Å². The van der Waals surface area contributed by atoms with E-state index in [9.17, 15) is 19.5 Å². The van der Waals surface area contributed by atoms with Gasteiger partial charge in [0.05, 0.1) is 35.2 Å². The summed E-state index contributed by atoms with van der Waals surface area (Å²) in [4.78, 5) is 39.2. The van der Waals surface area contributed by atoms with Crippen molar-refractivity contribution in [2.45, 2.75) is 6.92 Å². The van der Waals surface area contributed by atoms with Crippen molar-refractivity contribution >= 4 is 39.3 Å². The van der Waals surface area contributed by atoms with Crippen molar-refractivity contribution in [3.8, 4) is 11.6 Å². The summed E-state index contributed by atoms with van der Waals surface area (Å²) in [5, 5.41) is 18.2. The van der Waals surface area contributed by atoms with Crippen LogP contribution in [0.5, 0.6) is 11.6 Å². The molecule has 9 heteroatoms. The predicted molar refractivity (Wildman–Crippen MR) is 85.0 cm³/mol. The van der Waals surface area contributed by atoms with Crippen molar-refractivity contribution in [1.29, 1.82) is 0 Å². The zero-order chi connectivity index (χ0) is 18.0. The molecule has 2 heterocycles. The summed E-state index contributed by atoms with van der Waals surface area (Å²) in [5.74, 6) is -6.00. The van der Waals surface area contributed by atoms with Crippen LogP contribution in [0.25, 0.3) is 10.2 Å². The number of hydrogen-bond donors (Lipinski definition) is 2. The Morgan fingerprint density at radius 2 is 1.79 bits per heavy atom. The quantitative estimate of drug-likeness (QED) is 0.571. The Morgan fingerprint density at radius 3 is 2.29 bits per heavy atom. The highest BCUT2D eigenvalue weighted by atomic mass is 32.1. The molecule has 2 aromatic rings. The molecule has 0 radical (unpaired) electrons. The lowest BCUT2D eigenvalue weighted by molar-refractivity contribution is -0.151. The predicted octanol–water partition coefficient (Wildman–Crippen LogP) is 1.92. The molecule has 0 amide bonds. The molecule has 2 N–H and O–H groups in total. The van der Waals surface area contributed by atoms with E-state index in [2.05, 4.69) is 4.98 Å². The summed E-state index contributed by atoms with van der Waals surface area (Å²) >= 11 is 1.03. The van der Waals surface area contributed by atoms with E-state index in [0.717, 1.165) is 11.3 Å². The topological polar surface area (TPSA) is 123 Å². The van der Waals surface area contributed by atoms with Gasteiger partial charge >= 0.3 is 11.9 Å². The number of Topliss-reactive ketones (excluding diaryl/α,β-unsaturated/α-hetero) is 1. The number of ether oxygens (including phenoxy) is 2. The zero-order valence-corrected chi connectivity index (χ0v) is 13.9. The number of carboxylic acids is 2. The van der Waals surface area contributed by atoms with E-state index in [4.69, 9.17) is 14.6 Å². The normalized spacial score (nSPS) is 13.3. The maximum absolute atomic E-state index is 12.5. The fourth-order valence-corrected chi connectivity index (χ4v) is 3.20. The minimum atomic E-state index is -1.67. The molecular formula is C15H15NO7S. The van der Waals surface area contributed by atoms with Gasteiger partial charge in [0.1, 0.15) is 5.92 Å². The Bertz CT molecular complexity index is 773. The lowest BCUT2D eigenvalue weighted by atomic mass is 9.89. The van der Waals surface area contributed by atoms with Crippen LogP contribution in [0.3, 0.4) is 0 Å². The molecule has 2 unspecified atom stereocenters. The number of carboxylic acid groups (broad SMARTS) is 2. The van der Waals surface area contributed by atoms with E-state index in [1.807, 2.05) is 0 Å². The third-order valence-electron chi connectivity index (χ3n) is 3.53. The van der Waals surface area contributed by atoms with E-state index in [-0.39, 0.29) is 10.8 Å². The van der Waals surface area contributed by atoms with E-state index >= 15 is 0 Å². The van der Waals surface area contributed by atoms with Crippen molar-refractivity contribution in [3.63, 3.8) is 0 Å². The summed E-state index contributed by atoms with van der Waals surface area (Å²) in [5.41, 5.74) is 0.438. The Labute approximate surface area is 140 Å². The van der Waals surface area contributed by atoms with Gasteiger partial charge in [0, 0.05) is 6.07 Å². The highest BCUT2D eigenvalue weighted by Crippen LogP contribution is 2.35. The fraction of sp³-hybridized carbons (Fsp3) is 0.333. The van der Waals surface area contributed by atoms with Crippen molar-refractivity contribution in [1.82, 2.24) is 4.98 Å². The summed E-state index contributed by atoms with van der Waals surface area (Å²) in [6.45, 7) is 1.19. The summed E-state index contributed by atoms with van der Waals surface area (Å²) in [6, 6.07) is 3.05. The van der Waals surface area contributed by atoms with Gasteiger partial charge in [-0.3, -0.25) is 14.4 Å². The fourth-order valence-electron chi connectivity index (χ4n) is 2.19. The van der Waals surface area contributed by atoms with Crippen molar-refractivity contribution in [2.75, 3.05) is 14.2 Å². The maximum Gasteiger partial charge on any atom is 0.315 e. The Kier molecular flexibility index (Phi) is 5.03. The van der Waals surface area contributed by atoms with Crippen molar-refractivity contribution in [2.24, 2.45) is 11.8 Å². The van der Waals surface area contributed by atoms with E-state index < -0.39 is 29.6 Å². The molecule has 8 nitrogen and oxygen atoms in total. The van der Waals surface area contributed by atoms with Gasteiger partial charge in [-0.15, -0.1) is 11.3 Å². The van der Waals surface area contributed by atoms with Gasteiger partial charge in [-0.2, -0.15) is 0 Å². The number of carbonyl (C=O) groups excluding carboxylic acids is 1. The largest absolute Gasteiger partial charge is 0.491 e. The Balaban J connectivity index is 2.49. The number of aliphatic carboxylic acids is 2. The number of fused-ring (bicyclic) bond motifs is 1. The Hall–Kier alpha value is -2.68. The molecule has 2 rings (SSSR count). The van der Waals surface area contributed by atoms with Crippen LogP contribution in [0.4, 0.5) is 0 Å². The van der Waals surface area contributed by atoms with Crippen LogP contribution in [0.2, 0.25) is 0 Å². The number of aromatic nitrogens is 1. The minimum Gasteiger partial charge on any atom is -0.491 e. The summed E-state index contributed by atoms with van der Waals surface area (Å²) in [6.07, 6.45) is 0. The Morgan fingerprint density at radius 1 is 1.12 bits per heavy atom. The molecule has 0 saturated heterocycles. The van der Waals surface area contributed by atoms with Gasteiger partial charge in [0.2, 0.25) is 0 Å². The van der Waals surface area contributed by atoms with Crippen LogP contribution in [0.1, 0.15) is 16.6 Å². The molecule has 0 aliphatic carbocycles. The number of nitrogens with zero attached hydrogens (tertiary/aromatic N) is 1. The number of carbonyl (C=O) groups is 3. The number of pyridine rings is 1. The first-order valence-corrected chi connectivity index (χ1v) is 7.64. The molecule has 0 spiro atoms. The number of hydrogen-bond acceptors (Lipinski definition) is 7. The highest BCUT2D eigenvalue weighted by Gasteiger charge is 2.37. The molecule has 2 aromatic heterocycles. The van der Waals surface area contributed by atoms with Gasteiger partial charge in [-0.05, 0) is 6.07 Å². The molecule has 0 aliphatic rings. The third-order valence-corrected chi connectivity index (χ3v) is 4.62. The maximum atomic E-state index is 12.5. The first-order valence-electron chi connectivity index (χ1n) is 6.82. The number of thiophene rings is 1. The third kappa shape index (κ3) is 3.16. The lowest BCUT2D eigenvalue weighted by Crippen LogP contribution is -2.33. The van der Waals surface area contributed by atoms with Gasteiger partial charge in [0.25, 0.3) is 5.88 Å². The van der Waals surface area contributed by atoms with E-state index in [0.29, 0.717) is 16.0 Å². The first-order chi connectivity index (χ1) is 11.3.